The first kappa shape index (κ1) is 33.5. The fraction of sp³-hybridized carbons (Fsp3) is 0.690. The Labute approximate surface area is 267 Å². The van der Waals surface area contributed by atoms with Crippen LogP contribution in [0.5, 0.6) is 0 Å². The van der Waals surface area contributed by atoms with Gasteiger partial charge in [0.1, 0.15) is 5.41 Å². The van der Waals surface area contributed by atoms with Crippen LogP contribution in [0, 0.1) is 22.2 Å². The largest absolute Gasteiger partial charge is 0.480 e. The molecule has 0 unspecified atom stereocenters. The molecule has 4 aliphatic rings. The number of carboxylic acid groups (broad SMARTS) is 1. The maximum absolute atomic E-state index is 13.8. The number of nitrogens with zero attached hydrogens (tertiary/aromatic N) is 3. The van der Waals surface area contributed by atoms with Gasteiger partial charge in [0.2, 0.25) is 11.8 Å². The second kappa shape index (κ2) is 12.4. The number of likely N-dealkylation sites (tertiary alicyclic amines) is 2. The minimum absolute atomic E-state index is 0.0134. The quantitative estimate of drug-likeness (QED) is 0.230. The molecule has 3 heterocycles. The molecule has 12 nitrogen and oxygen atoms in total. The number of hydrogen-bond donors (Lipinski definition) is 3. The first-order chi connectivity index (χ1) is 21.2. The van der Waals surface area contributed by atoms with Gasteiger partial charge < -0.3 is 25.0 Å². The third-order valence-corrected chi connectivity index (χ3v) is 11.8. The lowest BCUT2D eigenvalue weighted by molar-refractivity contribution is -0.205. The van der Waals surface area contributed by atoms with Crippen LogP contribution in [0.4, 0.5) is 13.2 Å². The monoisotopic (exact) mass is 751 g/mol. The second-order valence-electron chi connectivity index (χ2n) is 12.9. The molecule has 16 heteroatoms. The van der Waals surface area contributed by atoms with E-state index >= 15 is 0 Å². The van der Waals surface area contributed by atoms with Gasteiger partial charge in [-0.05, 0) is 32.6 Å². The standard InChI is InChI=1S/C29H37F3IN5O7/c1-17(45-16-26(24(43)33-2)6-4-3-5-7-26)20(23(41)42)36-21(39)19-12-37(22(40)18-10-34-35-11-18)13-27(19)14-38(15-27)25(44)28(8-9-28)29(30,31)32/h10-11,17,19-20H,2-9,12-16H2,1H3,(H,34,35)(H,36,39)(H,41,42)/t17-,19+,20+/m1/s1. The second-order valence-corrected chi connectivity index (χ2v) is 14.7. The van der Waals surface area contributed by atoms with E-state index in [1.54, 1.807) is 0 Å². The number of aromatic amines is 1. The lowest BCUT2D eigenvalue weighted by atomic mass is 9.70. The van der Waals surface area contributed by atoms with Crippen LogP contribution >= 0.6 is 20.7 Å². The molecule has 2 aliphatic heterocycles. The van der Waals surface area contributed by atoms with Crippen molar-refractivity contribution in [3.05, 3.63) is 18.0 Å². The van der Waals surface area contributed by atoms with Crippen molar-refractivity contribution >= 4 is 52.7 Å². The normalized spacial score (nSPS) is 24.4. The summed E-state index contributed by atoms with van der Waals surface area (Å²) in [6, 6.07) is -1.50. The molecule has 248 valence electrons. The highest BCUT2D eigenvalue weighted by Crippen LogP contribution is 2.60. The van der Waals surface area contributed by atoms with Crippen LogP contribution in [0.1, 0.15) is 62.2 Å². The van der Waals surface area contributed by atoms with Crippen molar-refractivity contribution < 1.29 is 47.0 Å². The number of alkyl halides is 3. The smallest absolute Gasteiger partial charge is 0.403 e. The molecule has 2 saturated heterocycles. The van der Waals surface area contributed by atoms with E-state index in [9.17, 15) is 42.3 Å². The topological polar surface area (TPSA) is 162 Å². The Morgan fingerprint density at radius 2 is 1.78 bits per heavy atom. The average molecular weight is 752 g/mol. The molecule has 0 radical (unpaired) electrons. The molecule has 3 amide bonds. The van der Waals surface area contributed by atoms with Gasteiger partial charge in [-0.1, -0.05) is 44.5 Å². The van der Waals surface area contributed by atoms with Crippen LogP contribution in [0.3, 0.4) is 0 Å². The third-order valence-electron chi connectivity index (χ3n) is 10.0. The number of amides is 3. The number of halogens is 4. The fourth-order valence-corrected chi connectivity index (χ4v) is 8.55. The van der Waals surface area contributed by atoms with Crippen LogP contribution in [0.2, 0.25) is 0 Å². The summed E-state index contributed by atoms with van der Waals surface area (Å²) in [6.45, 7) is 1.00. The summed E-state index contributed by atoms with van der Waals surface area (Å²) < 4.78 is 50.9. The van der Waals surface area contributed by atoms with Gasteiger partial charge in [0.25, 0.3) is 5.91 Å². The zero-order valence-corrected chi connectivity index (χ0v) is 27.0. The summed E-state index contributed by atoms with van der Waals surface area (Å²) in [7, 11) is 0. The number of aliphatic carboxylic acids is 1. The Bertz CT molecular complexity index is 1350. The minimum atomic E-state index is -4.69. The predicted molar refractivity (Wildman–Crippen MR) is 161 cm³/mol. The molecule has 1 aromatic heterocycles. The molecule has 0 bridgehead atoms. The van der Waals surface area contributed by atoms with E-state index < -0.39 is 84.9 Å². The van der Waals surface area contributed by atoms with E-state index in [1.165, 1.54) is 24.2 Å². The maximum Gasteiger partial charge on any atom is 0.403 e. The Hall–Kier alpha value is -2.89. The Kier molecular flexibility index (Phi) is 9.20. The van der Waals surface area contributed by atoms with E-state index in [2.05, 4.69) is 20.0 Å². The van der Waals surface area contributed by atoms with Gasteiger partial charge in [0.05, 0.1) is 35.8 Å². The summed E-state index contributed by atoms with van der Waals surface area (Å²) in [5.74, 6) is -4.58. The van der Waals surface area contributed by atoms with Crippen molar-refractivity contribution in [1.82, 2.24) is 25.3 Å². The summed E-state index contributed by atoms with van der Waals surface area (Å²) in [6.07, 6.45) is 0.343. The van der Waals surface area contributed by atoms with Gasteiger partial charge in [0, 0.05) is 37.8 Å². The first-order valence-electron chi connectivity index (χ1n) is 14.9. The number of nitrogens with one attached hydrogen (secondary N) is 2. The van der Waals surface area contributed by atoms with Crippen molar-refractivity contribution in [2.45, 2.75) is 70.2 Å². The van der Waals surface area contributed by atoms with E-state index in [1.807, 2.05) is 0 Å². The van der Waals surface area contributed by atoms with E-state index in [0.717, 1.165) is 24.2 Å². The van der Waals surface area contributed by atoms with Gasteiger partial charge in [-0.15, -0.1) is 0 Å². The first-order valence-corrected chi connectivity index (χ1v) is 17.5. The van der Waals surface area contributed by atoms with Crippen LogP contribution in [-0.2, 0) is 23.9 Å². The number of aromatic nitrogens is 2. The Balaban J connectivity index is 1.31. The van der Waals surface area contributed by atoms with E-state index in [4.69, 9.17) is 4.74 Å². The summed E-state index contributed by atoms with van der Waals surface area (Å²) in [5.41, 5.74) is -3.97. The number of rotatable bonds is 11. The Morgan fingerprint density at radius 3 is 2.31 bits per heavy atom. The zero-order chi connectivity index (χ0) is 32.8. The SMILES string of the molecule is C=IC(=O)C1(CO[C@H](C)[C@H](NC(=O)[C@@H]2CN(C(=O)c3cn[nH]c3)CC23CN(C(=O)C2(C(F)(F)F)CC2)C3)C(=O)O)CCCCC1. The summed E-state index contributed by atoms with van der Waals surface area (Å²) in [5, 5.41) is 18.9. The lowest BCUT2D eigenvalue weighted by Gasteiger charge is -2.51. The highest BCUT2D eigenvalue weighted by molar-refractivity contribution is 14.2. The Morgan fingerprint density at radius 1 is 1.13 bits per heavy atom. The van der Waals surface area contributed by atoms with Crippen molar-refractivity contribution in [2.24, 2.45) is 22.2 Å². The lowest BCUT2D eigenvalue weighted by Crippen LogP contribution is -2.66. The molecule has 3 atom stereocenters. The molecular weight excluding hydrogens is 714 g/mol. The molecule has 2 saturated carbocycles. The maximum atomic E-state index is 13.8. The summed E-state index contributed by atoms with van der Waals surface area (Å²) >= 11 is -0.945. The van der Waals surface area contributed by atoms with Crippen molar-refractivity contribution in [3.63, 3.8) is 0 Å². The van der Waals surface area contributed by atoms with Crippen molar-refractivity contribution in [3.8, 4) is 0 Å². The molecule has 5 rings (SSSR count). The van der Waals surface area contributed by atoms with Crippen molar-refractivity contribution in [1.29, 1.82) is 0 Å². The van der Waals surface area contributed by atoms with E-state index in [-0.39, 0.29) is 55.0 Å². The van der Waals surface area contributed by atoms with Crippen LogP contribution in [0.25, 0.3) is 0 Å². The van der Waals surface area contributed by atoms with Gasteiger partial charge in [-0.3, -0.25) is 24.3 Å². The highest BCUT2D eigenvalue weighted by atomic mass is 127. The molecule has 1 aromatic rings. The predicted octanol–water partition coefficient (Wildman–Crippen LogP) is 2.51. The van der Waals surface area contributed by atoms with Crippen LogP contribution < -0.4 is 5.32 Å². The number of hydrogen-bond acceptors (Lipinski definition) is 7. The minimum Gasteiger partial charge on any atom is -0.480 e. The number of carboxylic acids is 1. The molecule has 3 N–H and O–H groups in total. The van der Waals surface area contributed by atoms with Gasteiger partial charge in [0.15, 0.2) is 9.83 Å². The molecule has 45 heavy (non-hydrogen) atoms. The number of H-pyrrole nitrogens is 1. The molecule has 4 fully saturated rings. The molecule has 1 spiro atoms. The zero-order valence-electron chi connectivity index (χ0n) is 24.8. The van der Waals surface area contributed by atoms with Gasteiger partial charge in [-0.25, -0.2) is 4.79 Å². The van der Waals surface area contributed by atoms with Crippen LogP contribution in [-0.4, -0.2) is 108 Å². The molecular formula is C29H37F3IN5O7. The fourth-order valence-electron chi connectivity index (χ4n) is 7.05. The molecule has 2 aliphatic carbocycles. The molecule has 0 aromatic carbocycles. The third kappa shape index (κ3) is 6.15. The number of carbonyl (C=O) groups is 5. The number of ether oxygens (including phenoxy) is 1. The average Bonchev–Trinajstić information content (AvgIpc) is 3.45. The summed E-state index contributed by atoms with van der Waals surface area (Å²) in [4.78, 5) is 67.5. The van der Waals surface area contributed by atoms with Gasteiger partial charge >= 0.3 is 12.1 Å². The van der Waals surface area contributed by atoms with Gasteiger partial charge in [-0.2, -0.15) is 18.3 Å². The van der Waals surface area contributed by atoms with E-state index in [0.29, 0.717) is 12.8 Å². The van der Waals surface area contributed by atoms with Crippen LogP contribution in [0.15, 0.2) is 12.4 Å². The number of carbonyl (C=O) groups excluding carboxylic acids is 4. The van der Waals surface area contributed by atoms with Crippen molar-refractivity contribution in [2.75, 3.05) is 32.8 Å². The highest BCUT2D eigenvalue weighted by Gasteiger charge is 2.71.